The van der Waals surface area contributed by atoms with Crippen LogP contribution in [0.25, 0.3) is 0 Å². The summed E-state index contributed by atoms with van der Waals surface area (Å²) in [4.78, 5) is 11.4. The molecule has 3 nitrogen and oxygen atoms in total. The summed E-state index contributed by atoms with van der Waals surface area (Å²) >= 11 is 5.89. The number of carbonyl (C=O) groups is 1. The maximum absolute atomic E-state index is 11.4. The molecule has 1 aromatic rings. The van der Waals surface area contributed by atoms with Crippen molar-refractivity contribution in [1.82, 2.24) is 10.6 Å². The second-order valence-corrected chi connectivity index (χ2v) is 4.83. The minimum absolute atomic E-state index is 0.0959. The van der Waals surface area contributed by atoms with Gasteiger partial charge in [0.05, 0.1) is 6.54 Å². The van der Waals surface area contributed by atoms with Crippen molar-refractivity contribution in [3.8, 4) is 0 Å². The van der Waals surface area contributed by atoms with Crippen LogP contribution < -0.4 is 10.6 Å². The van der Waals surface area contributed by atoms with Crippen molar-refractivity contribution in [2.75, 3.05) is 13.1 Å². The largest absolute Gasteiger partial charge is 0.352 e. The quantitative estimate of drug-likeness (QED) is 0.758. The summed E-state index contributed by atoms with van der Waals surface area (Å²) in [6.45, 7) is 1.19. The van der Waals surface area contributed by atoms with Crippen molar-refractivity contribution in [3.63, 3.8) is 0 Å². The lowest BCUT2D eigenvalue weighted by Gasteiger charge is -2.06. The molecule has 1 amide bonds. The summed E-state index contributed by atoms with van der Waals surface area (Å²) < 4.78 is 0. The molecule has 2 rings (SSSR count). The van der Waals surface area contributed by atoms with Crippen LogP contribution in [-0.4, -0.2) is 25.0 Å². The van der Waals surface area contributed by atoms with Crippen molar-refractivity contribution < 1.29 is 4.79 Å². The van der Waals surface area contributed by atoms with Gasteiger partial charge in [0.15, 0.2) is 0 Å². The summed E-state index contributed by atoms with van der Waals surface area (Å²) in [5.74, 6) is 0.0959. The van der Waals surface area contributed by atoms with E-state index in [1.165, 1.54) is 5.56 Å². The van der Waals surface area contributed by atoms with Crippen LogP contribution >= 0.6 is 11.6 Å². The van der Waals surface area contributed by atoms with Gasteiger partial charge >= 0.3 is 0 Å². The van der Waals surface area contributed by atoms with Crippen molar-refractivity contribution in [1.29, 1.82) is 0 Å². The van der Waals surface area contributed by atoms with Crippen LogP contribution in [0.2, 0.25) is 5.02 Å². The van der Waals surface area contributed by atoms with E-state index in [1.54, 1.807) is 0 Å². The minimum atomic E-state index is 0.0959. The van der Waals surface area contributed by atoms with Crippen LogP contribution in [0.15, 0.2) is 24.3 Å². The molecule has 92 valence electrons. The zero-order chi connectivity index (χ0) is 12.1. The molecule has 1 aliphatic rings. The Morgan fingerprint density at radius 3 is 2.94 bits per heavy atom. The first-order valence-corrected chi connectivity index (χ1v) is 6.36. The maximum atomic E-state index is 11.4. The molecular weight excluding hydrogens is 236 g/mol. The van der Waals surface area contributed by atoms with Crippen LogP contribution in [0.1, 0.15) is 18.4 Å². The highest BCUT2D eigenvalue weighted by atomic mass is 35.5. The predicted molar refractivity (Wildman–Crippen MR) is 69.2 cm³/mol. The van der Waals surface area contributed by atoms with E-state index in [2.05, 4.69) is 10.6 Å². The normalized spacial score (nSPS) is 14.6. The lowest BCUT2D eigenvalue weighted by Crippen LogP contribution is -2.35. The first-order valence-electron chi connectivity index (χ1n) is 5.98. The predicted octanol–water partition coefficient (Wildman–Crippen LogP) is 1.75. The fourth-order valence-corrected chi connectivity index (χ4v) is 1.85. The Labute approximate surface area is 107 Å². The topological polar surface area (TPSA) is 41.1 Å². The molecule has 17 heavy (non-hydrogen) atoms. The van der Waals surface area contributed by atoms with Gasteiger partial charge in [-0.25, -0.2) is 0 Å². The molecule has 0 aromatic heterocycles. The second kappa shape index (κ2) is 6.03. The zero-order valence-electron chi connectivity index (χ0n) is 9.71. The van der Waals surface area contributed by atoms with Gasteiger partial charge in [-0.05, 0) is 43.5 Å². The van der Waals surface area contributed by atoms with E-state index in [0.717, 1.165) is 30.8 Å². The average Bonchev–Trinajstić information content (AvgIpc) is 3.08. The summed E-state index contributed by atoms with van der Waals surface area (Å²) in [6.07, 6.45) is 3.15. The van der Waals surface area contributed by atoms with Crippen LogP contribution in [-0.2, 0) is 11.2 Å². The highest BCUT2D eigenvalue weighted by Gasteiger charge is 2.22. The minimum Gasteiger partial charge on any atom is -0.352 e. The van der Waals surface area contributed by atoms with E-state index in [1.807, 2.05) is 24.3 Å². The molecule has 0 bridgehead atoms. The Kier molecular flexibility index (Phi) is 4.40. The van der Waals surface area contributed by atoms with Crippen molar-refractivity contribution >= 4 is 17.5 Å². The Morgan fingerprint density at radius 1 is 1.41 bits per heavy atom. The average molecular weight is 253 g/mol. The number of halogens is 1. The molecule has 1 aromatic carbocycles. The van der Waals surface area contributed by atoms with Crippen molar-refractivity contribution in [2.45, 2.75) is 25.3 Å². The molecule has 0 atom stereocenters. The van der Waals surface area contributed by atoms with Gasteiger partial charge in [0, 0.05) is 11.1 Å². The maximum Gasteiger partial charge on any atom is 0.234 e. The van der Waals surface area contributed by atoms with E-state index in [0.29, 0.717) is 12.6 Å². The molecule has 0 unspecified atom stereocenters. The third-order valence-corrected chi connectivity index (χ3v) is 2.94. The zero-order valence-corrected chi connectivity index (χ0v) is 10.5. The molecule has 1 saturated carbocycles. The van der Waals surface area contributed by atoms with Gasteiger partial charge in [-0.1, -0.05) is 23.7 Å². The van der Waals surface area contributed by atoms with Gasteiger partial charge in [0.1, 0.15) is 0 Å². The summed E-state index contributed by atoms with van der Waals surface area (Å²) in [7, 11) is 0. The molecule has 0 saturated heterocycles. The third-order valence-electron chi connectivity index (χ3n) is 2.71. The second-order valence-electron chi connectivity index (χ2n) is 4.40. The summed E-state index contributed by atoms with van der Waals surface area (Å²) in [5.41, 5.74) is 1.19. The number of rotatable bonds is 6. The smallest absolute Gasteiger partial charge is 0.234 e. The molecule has 0 spiro atoms. The van der Waals surface area contributed by atoms with E-state index in [4.69, 9.17) is 11.6 Å². The van der Waals surface area contributed by atoms with E-state index in [9.17, 15) is 4.79 Å². The monoisotopic (exact) mass is 252 g/mol. The molecule has 0 aliphatic heterocycles. The number of nitrogens with one attached hydrogen (secondary N) is 2. The van der Waals surface area contributed by atoms with E-state index in [-0.39, 0.29) is 5.91 Å². The molecule has 4 heteroatoms. The molecule has 0 radical (unpaired) electrons. The Balaban J connectivity index is 1.60. The molecule has 0 heterocycles. The first-order chi connectivity index (χ1) is 8.24. The fraction of sp³-hybridized carbons (Fsp3) is 0.462. The van der Waals surface area contributed by atoms with E-state index < -0.39 is 0 Å². The molecular formula is C13H17ClN2O. The van der Waals surface area contributed by atoms with Crippen molar-refractivity contribution in [2.24, 2.45) is 0 Å². The standard InChI is InChI=1S/C13H17ClN2O/c14-11-3-1-2-10(8-11)6-7-15-9-13(17)16-12-4-5-12/h1-3,8,12,15H,4-7,9H2,(H,16,17). The van der Waals surface area contributed by atoms with Crippen LogP contribution in [0, 0.1) is 0 Å². The molecule has 1 aliphatic carbocycles. The highest BCUT2D eigenvalue weighted by Crippen LogP contribution is 2.18. The van der Waals surface area contributed by atoms with Gasteiger partial charge in [0.25, 0.3) is 0 Å². The van der Waals surface area contributed by atoms with Gasteiger partial charge < -0.3 is 10.6 Å². The Bertz CT molecular complexity index is 391. The lowest BCUT2D eigenvalue weighted by atomic mass is 10.1. The van der Waals surface area contributed by atoms with Crippen LogP contribution in [0.4, 0.5) is 0 Å². The molecule has 2 N–H and O–H groups in total. The van der Waals surface area contributed by atoms with Crippen LogP contribution in [0.5, 0.6) is 0 Å². The lowest BCUT2D eigenvalue weighted by molar-refractivity contribution is -0.120. The van der Waals surface area contributed by atoms with Crippen molar-refractivity contribution in [3.05, 3.63) is 34.9 Å². The summed E-state index contributed by atoms with van der Waals surface area (Å²) in [5, 5.41) is 6.83. The van der Waals surface area contributed by atoms with Gasteiger partial charge in [0.2, 0.25) is 5.91 Å². The highest BCUT2D eigenvalue weighted by molar-refractivity contribution is 6.30. The first kappa shape index (κ1) is 12.4. The molecule has 1 fully saturated rings. The number of carbonyl (C=O) groups excluding carboxylic acids is 1. The number of amides is 1. The van der Waals surface area contributed by atoms with Crippen LogP contribution in [0.3, 0.4) is 0 Å². The number of benzene rings is 1. The number of hydrogen-bond donors (Lipinski definition) is 2. The van der Waals surface area contributed by atoms with Gasteiger partial charge in [-0.3, -0.25) is 4.79 Å². The third kappa shape index (κ3) is 4.75. The van der Waals surface area contributed by atoms with Gasteiger partial charge in [-0.15, -0.1) is 0 Å². The SMILES string of the molecule is O=C(CNCCc1cccc(Cl)c1)NC1CC1. The fourth-order valence-electron chi connectivity index (χ4n) is 1.63. The Morgan fingerprint density at radius 2 is 2.24 bits per heavy atom. The Hall–Kier alpha value is -1.06. The van der Waals surface area contributed by atoms with E-state index >= 15 is 0 Å². The van der Waals surface area contributed by atoms with Gasteiger partial charge in [-0.2, -0.15) is 0 Å². The summed E-state index contributed by atoms with van der Waals surface area (Å²) in [6, 6.07) is 8.24. The number of hydrogen-bond acceptors (Lipinski definition) is 2.